The van der Waals surface area contributed by atoms with Gasteiger partial charge in [-0.05, 0) is 5.56 Å². The van der Waals surface area contributed by atoms with Crippen molar-refractivity contribution in [3.8, 4) is 0 Å². The predicted octanol–water partition coefficient (Wildman–Crippen LogP) is -0.452. The first-order chi connectivity index (χ1) is 8.63. The average Bonchev–Trinajstić information content (AvgIpc) is 2.28. The number of hydrogen-bond donors (Lipinski definition) is 2. The van der Waals surface area contributed by atoms with Crippen LogP contribution in [0.5, 0.6) is 0 Å². The minimum absolute atomic E-state index is 0.164. The molecule has 96 valence electrons. The Morgan fingerprint density at radius 3 is 2.50 bits per heavy atom. The summed E-state index contributed by atoms with van der Waals surface area (Å²) < 4.78 is 0. The Balaban J connectivity index is 1.72. The highest BCUT2D eigenvalue weighted by atomic mass is 16.3. The molecule has 1 aliphatic rings. The zero-order valence-corrected chi connectivity index (χ0v) is 10.0. The van der Waals surface area contributed by atoms with Gasteiger partial charge in [-0.3, -0.25) is 19.8 Å². The molecule has 0 spiro atoms. The number of β-amino-alcohol motifs (C(OH)–C–C–N with tert-alkyl or cyclic N) is 1. The van der Waals surface area contributed by atoms with Gasteiger partial charge in [0.15, 0.2) is 0 Å². The van der Waals surface area contributed by atoms with E-state index in [0.717, 1.165) is 5.56 Å². The highest BCUT2D eigenvalue weighted by Gasteiger charge is 2.26. The summed E-state index contributed by atoms with van der Waals surface area (Å²) in [4.78, 5) is 24.9. The maximum absolute atomic E-state index is 11.6. The first-order valence-electron chi connectivity index (χ1n) is 5.90. The maximum Gasteiger partial charge on any atom is 0.240 e. The largest absolute Gasteiger partial charge is 0.390 e. The van der Waals surface area contributed by atoms with Crippen LogP contribution in [0.2, 0.25) is 0 Å². The maximum atomic E-state index is 11.6. The second kappa shape index (κ2) is 5.75. The lowest BCUT2D eigenvalue weighted by atomic mass is 10.1. The Labute approximate surface area is 105 Å². The van der Waals surface area contributed by atoms with E-state index in [9.17, 15) is 9.59 Å². The zero-order chi connectivity index (χ0) is 13.0. The number of aliphatic hydroxyl groups excluding tert-OH is 1. The standard InChI is InChI=1S/C13H16N2O3/c16-11-7-15(8-11)9-13(18)14-12(17)6-10-4-2-1-3-5-10/h1-5,11,16H,6-9H2,(H,14,17,18). The van der Waals surface area contributed by atoms with Gasteiger partial charge in [0.05, 0.1) is 19.1 Å². The van der Waals surface area contributed by atoms with E-state index in [-0.39, 0.29) is 30.9 Å². The van der Waals surface area contributed by atoms with Gasteiger partial charge in [0.2, 0.25) is 11.8 Å². The van der Waals surface area contributed by atoms with Crippen LogP contribution in [0.4, 0.5) is 0 Å². The molecule has 0 bridgehead atoms. The molecule has 0 radical (unpaired) electrons. The van der Waals surface area contributed by atoms with E-state index >= 15 is 0 Å². The molecule has 0 saturated carbocycles. The van der Waals surface area contributed by atoms with Gasteiger partial charge in [-0.15, -0.1) is 0 Å². The van der Waals surface area contributed by atoms with Crippen molar-refractivity contribution in [1.29, 1.82) is 0 Å². The smallest absolute Gasteiger partial charge is 0.240 e. The van der Waals surface area contributed by atoms with E-state index in [1.54, 1.807) is 4.90 Å². The van der Waals surface area contributed by atoms with Gasteiger partial charge in [-0.2, -0.15) is 0 Å². The van der Waals surface area contributed by atoms with Gasteiger partial charge in [-0.25, -0.2) is 0 Å². The number of rotatable bonds is 4. The summed E-state index contributed by atoms with van der Waals surface area (Å²) in [6.45, 7) is 1.16. The molecule has 1 fully saturated rings. The molecule has 0 aromatic heterocycles. The fraction of sp³-hybridized carbons (Fsp3) is 0.385. The number of nitrogens with zero attached hydrogens (tertiary/aromatic N) is 1. The topological polar surface area (TPSA) is 69.6 Å². The fourth-order valence-corrected chi connectivity index (χ4v) is 1.90. The van der Waals surface area contributed by atoms with Crippen LogP contribution >= 0.6 is 0 Å². The van der Waals surface area contributed by atoms with Crippen molar-refractivity contribution >= 4 is 11.8 Å². The number of hydrogen-bond acceptors (Lipinski definition) is 4. The number of amides is 2. The number of carbonyl (C=O) groups excluding carboxylic acids is 2. The van der Waals surface area contributed by atoms with Crippen molar-refractivity contribution in [2.75, 3.05) is 19.6 Å². The Bertz CT molecular complexity index is 427. The molecule has 0 unspecified atom stereocenters. The molecular formula is C13H16N2O3. The quantitative estimate of drug-likeness (QED) is 0.757. The van der Waals surface area contributed by atoms with E-state index < -0.39 is 0 Å². The molecule has 0 atom stereocenters. The van der Waals surface area contributed by atoms with Crippen LogP contribution in [0.3, 0.4) is 0 Å². The van der Waals surface area contributed by atoms with Crippen molar-refractivity contribution in [3.05, 3.63) is 35.9 Å². The Morgan fingerprint density at radius 2 is 1.89 bits per heavy atom. The predicted molar refractivity (Wildman–Crippen MR) is 65.7 cm³/mol. The third-order valence-electron chi connectivity index (χ3n) is 2.79. The second-order valence-corrected chi connectivity index (χ2v) is 4.48. The summed E-state index contributed by atoms with van der Waals surface area (Å²) >= 11 is 0. The van der Waals surface area contributed by atoms with Crippen LogP contribution in [0.1, 0.15) is 5.56 Å². The van der Waals surface area contributed by atoms with Crippen LogP contribution in [0.25, 0.3) is 0 Å². The second-order valence-electron chi connectivity index (χ2n) is 4.48. The Kier molecular flexibility index (Phi) is 4.07. The normalized spacial score (nSPS) is 16.1. The van der Waals surface area contributed by atoms with Gasteiger partial charge in [-0.1, -0.05) is 30.3 Å². The van der Waals surface area contributed by atoms with Gasteiger partial charge in [0.25, 0.3) is 0 Å². The van der Waals surface area contributed by atoms with Crippen molar-refractivity contribution in [2.24, 2.45) is 0 Å². The lowest BCUT2D eigenvalue weighted by Gasteiger charge is -2.34. The Hall–Kier alpha value is -1.72. The molecule has 1 heterocycles. The van der Waals surface area contributed by atoms with Gasteiger partial charge in [0.1, 0.15) is 0 Å². The fourth-order valence-electron chi connectivity index (χ4n) is 1.90. The molecule has 5 heteroatoms. The summed E-state index contributed by atoms with van der Waals surface area (Å²) in [5.41, 5.74) is 0.877. The highest BCUT2D eigenvalue weighted by Crippen LogP contribution is 2.05. The number of carbonyl (C=O) groups is 2. The first-order valence-corrected chi connectivity index (χ1v) is 5.90. The molecule has 1 aliphatic heterocycles. The van der Waals surface area contributed by atoms with E-state index in [1.165, 1.54) is 0 Å². The average molecular weight is 248 g/mol. The number of aliphatic hydroxyl groups is 1. The minimum atomic E-state index is -0.335. The molecule has 0 aliphatic carbocycles. The Morgan fingerprint density at radius 1 is 1.22 bits per heavy atom. The van der Waals surface area contributed by atoms with Crippen LogP contribution in [-0.2, 0) is 16.0 Å². The molecule has 2 amide bonds. The van der Waals surface area contributed by atoms with Crippen molar-refractivity contribution in [2.45, 2.75) is 12.5 Å². The van der Waals surface area contributed by atoms with Gasteiger partial charge < -0.3 is 5.11 Å². The molecule has 2 N–H and O–H groups in total. The molecule has 1 aromatic carbocycles. The van der Waals surface area contributed by atoms with Crippen LogP contribution in [0, 0.1) is 0 Å². The van der Waals surface area contributed by atoms with Crippen molar-refractivity contribution in [1.82, 2.24) is 10.2 Å². The zero-order valence-electron chi connectivity index (χ0n) is 10.0. The number of benzene rings is 1. The summed E-state index contributed by atoms with van der Waals surface area (Å²) in [5, 5.41) is 11.4. The van der Waals surface area contributed by atoms with Crippen molar-refractivity contribution in [3.63, 3.8) is 0 Å². The SMILES string of the molecule is O=C(Cc1ccccc1)NC(=O)CN1CC(O)C1. The van der Waals surface area contributed by atoms with Crippen molar-refractivity contribution < 1.29 is 14.7 Å². The summed E-state index contributed by atoms with van der Waals surface area (Å²) in [6.07, 6.45) is -0.132. The van der Waals surface area contributed by atoms with E-state index in [1.807, 2.05) is 30.3 Å². The highest BCUT2D eigenvalue weighted by molar-refractivity contribution is 5.96. The summed E-state index contributed by atoms with van der Waals surface area (Å²) in [5.74, 6) is -0.616. The van der Waals surface area contributed by atoms with E-state index in [2.05, 4.69) is 5.32 Å². The first kappa shape index (κ1) is 12.7. The van der Waals surface area contributed by atoms with E-state index in [4.69, 9.17) is 5.11 Å². The van der Waals surface area contributed by atoms with Crippen LogP contribution in [0.15, 0.2) is 30.3 Å². The molecule has 1 aromatic rings. The third-order valence-corrected chi connectivity index (χ3v) is 2.79. The lowest BCUT2D eigenvalue weighted by molar-refractivity contribution is -0.132. The molecular weight excluding hydrogens is 232 g/mol. The monoisotopic (exact) mass is 248 g/mol. The molecule has 2 rings (SSSR count). The molecule has 18 heavy (non-hydrogen) atoms. The number of nitrogens with one attached hydrogen (secondary N) is 1. The van der Waals surface area contributed by atoms with Crippen LogP contribution < -0.4 is 5.32 Å². The molecule has 1 saturated heterocycles. The summed E-state index contributed by atoms with van der Waals surface area (Å²) in [6, 6.07) is 9.27. The lowest BCUT2D eigenvalue weighted by Crippen LogP contribution is -2.54. The molecule has 5 nitrogen and oxygen atoms in total. The summed E-state index contributed by atoms with van der Waals surface area (Å²) in [7, 11) is 0. The number of likely N-dealkylation sites (tertiary alicyclic amines) is 1. The minimum Gasteiger partial charge on any atom is -0.390 e. The van der Waals surface area contributed by atoms with Crippen LogP contribution in [-0.4, -0.2) is 47.6 Å². The van der Waals surface area contributed by atoms with Gasteiger partial charge >= 0.3 is 0 Å². The van der Waals surface area contributed by atoms with E-state index in [0.29, 0.717) is 13.1 Å². The third kappa shape index (κ3) is 3.65. The number of imide groups is 1. The van der Waals surface area contributed by atoms with Gasteiger partial charge in [0, 0.05) is 13.1 Å².